The average Bonchev–Trinajstić information content (AvgIpc) is 2.55. The van der Waals surface area contributed by atoms with E-state index in [0.29, 0.717) is 5.56 Å². The van der Waals surface area contributed by atoms with Crippen LogP contribution in [0.2, 0.25) is 0 Å². The van der Waals surface area contributed by atoms with Crippen LogP contribution in [0.25, 0.3) is 0 Å². The largest absolute Gasteiger partial charge is 0.508 e. The standard InChI is InChI=1S/C17H15N3O3S/c21-12-5-3-4-11(8-12)10-18-20-16(22)9-15-17(23)19-13-6-1-2-7-14(13)24-15/h1-8,10,15,21H,9H2,(H,19,23)(H,20,22)/b18-10+. The van der Waals surface area contributed by atoms with Crippen molar-refractivity contribution in [2.45, 2.75) is 16.6 Å². The van der Waals surface area contributed by atoms with Gasteiger partial charge in [0, 0.05) is 11.3 Å². The second-order valence-corrected chi connectivity index (χ2v) is 6.43. The Morgan fingerprint density at radius 3 is 2.96 bits per heavy atom. The van der Waals surface area contributed by atoms with E-state index in [2.05, 4.69) is 15.8 Å². The van der Waals surface area contributed by atoms with Gasteiger partial charge in [0.15, 0.2) is 0 Å². The smallest absolute Gasteiger partial charge is 0.241 e. The number of phenolic OH excluding ortho intramolecular Hbond substituents is 1. The molecule has 1 aliphatic heterocycles. The summed E-state index contributed by atoms with van der Waals surface area (Å²) in [5, 5.41) is 15.5. The molecular weight excluding hydrogens is 326 g/mol. The van der Waals surface area contributed by atoms with Gasteiger partial charge in [-0.05, 0) is 29.8 Å². The van der Waals surface area contributed by atoms with Crippen molar-refractivity contribution in [3.8, 4) is 5.75 Å². The number of fused-ring (bicyclic) bond motifs is 1. The Bertz CT molecular complexity index is 807. The molecule has 0 bridgehead atoms. The minimum absolute atomic E-state index is 0.0300. The van der Waals surface area contributed by atoms with Crippen molar-refractivity contribution < 1.29 is 14.7 Å². The number of anilines is 1. The fourth-order valence-electron chi connectivity index (χ4n) is 2.22. The minimum Gasteiger partial charge on any atom is -0.508 e. The monoisotopic (exact) mass is 341 g/mol. The van der Waals surface area contributed by atoms with Gasteiger partial charge in [0.05, 0.1) is 17.2 Å². The molecule has 24 heavy (non-hydrogen) atoms. The summed E-state index contributed by atoms with van der Waals surface area (Å²) in [6, 6.07) is 14.0. The van der Waals surface area contributed by atoms with Crippen LogP contribution in [0, 0.1) is 0 Å². The van der Waals surface area contributed by atoms with Crippen LogP contribution in [0.3, 0.4) is 0 Å². The molecule has 1 aliphatic rings. The predicted octanol–water partition coefficient (Wildman–Crippen LogP) is 2.35. The molecule has 1 atom stereocenters. The zero-order valence-corrected chi connectivity index (χ0v) is 13.4. The lowest BCUT2D eigenvalue weighted by molar-refractivity contribution is -0.124. The molecule has 2 amide bonds. The maximum atomic E-state index is 12.0. The molecule has 0 saturated heterocycles. The summed E-state index contributed by atoms with van der Waals surface area (Å²) >= 11 is 1.37. The summed E-state index contributed by atoms with van der Waals surface area (Å²) in [5.41, 5.74) is 3.83. The molecule has 3 rings (SSSR count). The summed E-state index contributed by atoms with van der Waals surface area (Å²) in [6.45, 7) is 0. The van der Waals surface area contributed by atoms with E-state index in [-0.39, 0.29) is 24.0 Å². The SMILES string of the molecule is O=C(CC1Sc2ccccc2NC1=O)N/N=C/c1cccc(O)c1. The van der Waals surface area contributed by atoms with E-state index in [9.17, 15) is 14.7 Å². The van der Waals surface area contributed by atoms with Crippen molar-refractivity contribution in [3.63, 3.8) is 0 Å². The molecule has 0 aliphatic carbocycles. The van der Waals surface area contributed by atoms with Gasteiger partial charge in [-0.2, -0.15) is 5.10 Å². The maximum Gasteiger partial charge on any atom is 0.241 e. The number of hydrogen-bond acceptors (Lipinski definition) is 5. The Hall–Kier alpha value is -2.80. The van der Waals surface area contributed by atoms with Crippen molar-refractivity contribution in [2.75, 3.05) is 5.32 Å². The van der Waals surface area contributed by atoms with Gasteiger partial charge in [0.1, 0.15) is 5.75 Å². The maximum absolute atomic E-state index is 12.0. The van der Waals surface area contributed by atoms with Gasteiger partial charge in [-0.15, -0.1) is 11.8 Å². The first kappa shape index (κ1) is 16.1. The summed E-state index contributed by atoms with van der Waals surface area (Å²) in [7, 11) is 0. The number of hydrazone groups is 1. The van der Waals surface area contributed by atoms with Gasteiger partial charge in [0.25, 0.3) is 0 Å². The van der Waals surface area contributed by atoms with Crippen LogP contribution in [-0.4, -0.2) is 28.4 Å². The Morgan fingerprint density at radius 2 is 2.12 bits per heavy atom. The number of hydrogen-bond donors (Lipinski definition) is 3. The van der Waals surface area contributed by atoms with E-state index < -0.39 is 5.25 Å². The van der Waals surface area contributed by atoms with Gasteiger partial charge in [-0.3, -0.25) is 9.59 Å². The highest BCUT2D eigenvalue weighted by atomic mass is 32.2. The topological polar surface area (TPSA) is 90.8 Å². The van der Waals surface area contributed by atoms with E-state index in [0.717, 1.165) is 10.6 Å². The number of benzene rings is 2. The quantitative estimate of drug-likeness (QED) is 0.588. The predicted molar refractivity (Wildman–Crippen MR) is 93.2 cm³/mol. The Kier molecular flexibility index (Phi) is 4.81. The zero-order valence-electron chi connectivity index (χ0n) is 12.6. The van der Waals surface area contributed by atoms with Gasteiger partial charge in [0.2, 0.25) is 11.8 Å². The van der Waals surface area contributed by atoms with Crippen LogP contribution < -0.4 is 10.7 Å². The molecular formula is C17H15N3O3S. The van der Waals surface area contributed by atoms with Gasteiger partial charge < -0.3 is 10.4 Å². The number of phenols is 1. The fourth-order valence-corrected chi connectivity index (χ4v) is 3.34. The normalized spacial score (nSPS) is 16.5. The first-order chi connectivity index (χ1) is 11.6. The van der Waals surface area contributed by atoms with Crippen molar-refractivity contribution in [2.24, 2.45) is 5.10 Å². The molecule has 6 nitrogen and oxygen atoms in total. The summed E-state index contributed by atoms with van der Waals surface area (Å²) in [4.78, 5) is 24.9. The second-order valence-electron chi connectivity index (χ2n) is 5.18. The third-order valence-electron chi connectivity index (χ3n) is 3.35. The number of nitrogens with zero attached hydrogens (tertiary/aromatic N) is 1. The highest BCUT2D eigenvalue weighted by molar-refractivity contribution is 8.01. The number of rotatable bonds is 4. The van der Waals surface area contributed by atoms with Crippen LogP contribution in [0.15, 0.2) is 58.5 Å². The summed E-state index contributed by atoms with van der Waals surface area (Å²) < 4.78 is 0. The Labute approximate surface area is 143 Å². The number of nitrogens with one attached hydrogen (secondary N) is 2. The first-order valence-corrected chi connectivity index (χ1v) is 8.17. The van der Waals surface area contributed by atoms with Crippen molar-refractivity contribution in [1.29, 1.82) is 0 Å². The van der Waals surface area contributed by atoms with Crippen LogP contribution in [-0.2, 0) is 9.59 Å². The molecule has 2 aromatic rings. The first-order valence-electron chi connectivity index (χ1n) is 7.29. The second kappa shape index (κ2) is 7.18. The number of carbonyl (C=O) groups is 2. The number of amides is 2. The number of para-hydroxylation sites is 1. The van der Waals surface area contributed by atoms with Crippen molar-refractivity contribution in [3.05, 3.63) is 54.1 Å². The lowest BCUT2D eigenvalue weighted by Crippen LogP contribution is -2.33. The summed E-state index contributed by atoms with van der Waals surface area (Å²) in [5.74, 6) is -0.413. The van der Waals surface area contributed by atoms with E-state index in [1.54, 1.807) is 18.2 Å². The average molecular weight is 341 g/mol. The molecule has 2 aromatic carbocycles. The number of thioether (sulfide) groups is 1. The van der Waals surface area contributed by atoms with Crippen LogP contribution in [0.1, 0.15) is 12.0 Å². The third kappa shape index (κ3) is 3.94. The number of carbonyl (C=O) groups excluding carboxylic acids is 2. The lowest BCUT2D eigenvalue weighted by atomic mass is 10.2. The molecule has 0 radical (unpaired) electrons. The molecule has 1 heterocycles. The van der Waals surface area contributed by atoms with Crippen LogP contribution in [0.4, 0.5) is 5.69 Å². The zero-order chi connectivity index (χ0) is 16.9. The highest BCUT2D eigenvalue weighted by Crippen LogP contribution is 2.36. The minimum atomic E-state index is -0.490. The molecule has 0 aromatic heterocycles. The molecule has 0 saturated carbocycles. The molecule has 3 N–H and O–H groups in total. The number of aromatic hydroxyl groups is 1. The molecule has 7 heteroatoms. The van der Waals surface area contributed by atoms with E-state index in [4.69, 9.17) is 0 Å². The Morgan fingerprint density at radius 1 is 1.29 bits per heavy atom. The highest BCUT2D eigenvalue weighted by Gasteiger charge is 2.28. The molecule has 0 fully saturated rings. The van der Waals surface area contributed by atoms with Gasteiger partial charge >= 0.3 is 0 Å². The molecule has 122 valence electrons. The van der Waals surface area contributed by atoms with Gasteiger partial charge in [-0.25, -0.2) is 5.43 Å². The Balaban J connectivity index is 1.56. The van der Waals surface area contributed by atoms with E-state index in [1.807, 2.05) is 24.3 Å². The van der Waals surface area contributed by atoms with E-state index >= 15 is 0 Å². The summed E-state index contributed by atoms with van der Waals surface area (Å²) in [6.07, 6.45) is 1.46. The molecule has 0 spiro atoms. The van der Waals surface area contributed by atoms with E-state index in [1.165, 1.54) is 24.0 Å². The third-order valence-corrected chi connectivity index (χ3v) is 4.63. The lowest BCUT2D eigenvalue weighted by Gasteiger charge is -2.23. The van der Waals surface area contributed by atoms with Gasteiger partial charge in [-0.1, -0.05) is 24.3 Å². The van der Waals surface area contributed by atoms with Crippen molar-refractivity contribution >= 4 is 35.5 Å². The van der Waals surface area contributed by atoms with Crippen LogP contribution >= 0.6 is 11.8 Å². The fraction of sp³-hybridized carbons (Fsp3) is 0.118. The molecule has 1 unspecified atom stereocenters. The van der Waals surface area contributed by atoms with Crippen LogP contribution in [0.5, 0.6) is 5.75 Å². The van der Waals surface area contributed by atoms with Crippen molar-refractivity contribution in [1.82, 2.24) is 5.43 Å².